The SMILES string of the molecule is Nc1nc(CC(=O)NC2CC2)cs1. The van der Waals surface area contributed by atoms with Gasteiger partial charge < -0.3 is 11.1 Å². The van der Waals surface area contributed by atoms with E-state index in [-0.39, 0.29) is 5.91 Å². The van der Waals surface area contributed by atoms with Crippen molar-refractivity contribution in [2.75, 3.05) is 5.73 Å². The van der Waals surface area contributed by atoms with E-state index in [1.165, 1.54) is 11.3 Å². The molecule has 2 rings (SSSR count). The highest BCUT2D eigenvalue weighted by Crippen LogP contribution is 2.19. The number of nitrogens with zero attached hydrogens (tertiary/aromatic N) is 1. The average Bonchev–Trinajstić information content (AvgIpc) is 2.76. The zero-order chi connectivity index (χ0) is 9.26. The molecule has 1 aliphatic rings. The summed E-state index contributed by atoms with van der Waals surface area (Å²) in [5.74, 6) is 0.0489. The van der Waals surface area contributed by atoms with Gasteiger partial charge in [0, 0.05) is 11.4 Å². The molecule has 1 aliphatic carbocycles. The molecule has 0 unspecified atom stereocenters. The van der Waals surface area contributed by atoms with E-state index in [9.17, 15) is 4.79 Å². The molecule has 0 aliphatic heterocycles. The molecule has 1 heterocycles. The van der Waals surface area contributed by atoms with Crippen LogP contribution in [-0.4, -0.2) is 16.9 Å². The first-order chi connectivity index (χ1) is 6.24. The third-order valence-corrected chi connectivity index (χ3v) is 2.58. The number of carbonyl (C=O) groups excluding carboxylic acids is 1. The van der Waals surface area contributed by atoms with Crippen molar-refractivity contribution in [1.29, 1.82) is 0 Å². The highest BCUT2D eigenvalue weighted by atomic mass is 32.1. The quantitative estimate of drug-likeness (QED) is 0.743. The molecule has 1 fully saturated rings. The minimum atomic E-state index is 0.0489. The standard InChI is InChI=1S/C8H11N3OS/c9-8-11-6(4-13-8)3-7(12)10-5-1-2-5/h4-5H,1-3H2,(H2,9,11)(H,10,12). The first kappa shape index (κ1) is 8.50. The van der Waals surface area contributed by atoms with Gasteiger partial charge in [-0.05, 0) is 12.8 Å². The highest BCUT2D eigenvalue weighted by Gasteiger charge is 2.23. The number of nitrogen functional groups attached to an aromatic ring is 1. The van der Waals surface area contributed by atoms with Crippen LogP contribution in [0.15, 0.2) is 5.38 Å². The highest BCUT2D eigenvalue weighted by molar-refractivity contribution is 7.13. The minimum absolute atomic E-state index is 0.0489. The van der Waals surface area contributed by atoms with Gasteiger partial charge in [-0.25, -0.2) is 4.98 Å². The molecular weight excluding hydrogens is 186 g/mol. The minimum Gasteiger partial charge on any atom is -0.375 e. The van der Waals surface area contributed by atoms with Crippen LogP contribution in [0.1, 0.15) is 18.5 Å². The van der Waals surface area contributed by atoms with E-state index in [4.69, 9.17) is 5.73 Å². The number of rotatable bonds is 3. The molecule has 70 valence electrons. The topological polar surface area (TPSA) is 68.0 Å². The zero-order valence-electron chi connectivity index (χ0n) is 7.12. The van der Waals surface area contributed by atoms with Crippen molar-refractivity contribution < 1.29 is 4.79 Å². The van der Waals surface area contributed by atoms with Gasteiger partial charge >= 0.3 is 0 Å². The third-order valence-electron chi connectivity index (χ3n) is 1.85. The summed E-state index contributed by atoms with van der Waals surface area (Å²) in [6.07, 6.45) is 2.58. The summed E-state index contributed by atoms with van der Waals surface area (Å²) in [7, 11) is 0. The number of amides is 1. The summed E-state index contributed by atoms with van der Waals surface area (Å²) >= 11 is 1.37. The van der Waals surface area contributed by atoms with Gasteiger partial charge in [0.25, 0.3) is 0 Å². The van der Waals surface area contributed by atoms with Crippen LogP contribution in [0.3, 0.4) is 0 Å². The van der Waals surface area contributed by atoms with Crippen LogP contribution < -0.4 is 11.1 Å². The largest absolute Gasteiger partial charge is 0.375 e. The molecule has 0 aromatic carbocycles. The van der Waals surface area contributed by atoms with Gasteiger partial charge in [-0.15, -0.1) is 11.3 Å². The van der Waals surface area contributed by atoms with Crippen LogP contribution in [0.5, 0.6) is 0 Å². The van der Waals surface area contributed by atoms with Crippen LogP contribution in [0.4, 0.5) is 5.13 Å². The number of carbonyl (C=O) groups is 1. The summed E-state index contributed by atoms with van der Waals surface area (Å²) in [5.41, 5.74) is 6.21. The summed E-state index contributed by atoms with van der Waals surface area (Å²) in [6, 6.07) is 0.420. The Kier molecular flexibility index (Phi) is 2.18. The van der Waals surface area contributed by atoms with Gasteiger partial charge in [-0.1, -0.05) is 0 Å². The van der Waals surface area contributed by atoms with E-state index < -0.39 is 0 Å². The van der Waals surface area contributed by atoms with Crippen molar-refractivity contribution in [3.8, 4) is 0 Å². The Balaban J connectivity index is 1.85. The van der Waals surface area contributed by atoms with Crippen molar-refractivity contribution >= 4 is 22.4 Å². The summed E-state index contributed by atoms with van der Waals surface area (Å²) in [5, 5.41) is 5.24. The van der Waals surface area contributed by atoms with Crippen LogP contribution in [-0.2, 0) is 11.2 Å². The monoisotopic (exact) mass is 197 g/mol. The van der Waals surface area contributed by atoms with Crippen LogP contribution in [0, 0.1) is 0 Å². The van der Waals surface area contributed by atoms with E-state index in [2.05, 4.69) is 10.3 Å². The Bertz CT molecular complexity index is 319. The molecular formula is C8H11N3OS. The Morgan fingerprint density at radius 2 is 2.54 bits per heavy atom. The summed E-state index contributed by atoms with van der Waals surface area (Å²) in [6.45, 7) is 0. The van der Waals surface area contributed by atoms with Gasteiger partial charge in [-0.2, -0.15) is 0 Å². The molecule has 1 amide bonds. The number of nitrogens with one attached hydrogen (secondary N) is 1. The number of hydrogen-bond donors (Lipinski definition) is 2. The van der Waals surface area contributed by atoms with Crippen LogP contribution >= 0.6 is 11.3 Å². The van der Waals surface area contributed by atoms with Crippen molar-refractivity contribution in [2.45, 2.75) is 25.3 Å². The lowest BCUT2D eigenvalue weighted by molar-refractivity contribution is -0.120. The third kappa shape index (κ3) is 2.42. The number of hydrogen-bond acceptors (Lipinski definition) is 4. The Morgan fingerprint density at radius 1 is 1.77 bits per heavy atom. The first-order valence-electron chi connectivity index (χ1n) is 4.23. The molecule has 0 radical (unpaired) electrons. The van der Waals surface area contributed by atoms with Gasteiger partial charge in [0.15, 0.2) is 5.13 Å². The molecule has 0 spiro atoms. The van der Waals surface area contributed by atoms with Gasteiger partial charge in [0.1, 0.15) is 0 Å². The van der Waals surface area contributed by atoms with Crippen molar-refractivity contribution in [3.05, 3.63) is 11.1 Å². The molecule has 13 heavy (non-hydrogen) atoms. The molecule has 1 saturated carbocycles. The molecule has 4 nitrogen and oxygen atoms in total. The number of anilines is 1. The van der Waals surface area contributed by atoms with E-state index in [0.29, 0.717) is 17.6 Å². The smallest absolute Gasteiger partial charge is 0.226 e. The second-order valence-electron chi connectivity index (χ2n) is 3.20. The fourth-order valence-electron chi connectivity index (χ4n) is 1.07. The maximum Gasteiger partial charge on any atom is 0.226 e. The summed E-state index contributed by atoms with van der Waals surface area (Å²) < 4.78 is 0. The van der Waals surface area contributed by atoms with Gasteiger partial charge in [0.2, 0.25) is 5.91 Å². The Hall–Kier alpha value is -1.10. The molecule has 0 bridgehead atoms. The van der Waals surface area contributed by atoms with E-state index in [1.54, 1.807) is 0 Å². The second kappa shape index (κ2) is 3.33. The maximum atomic E-state index is 11.3. The maximum absolute atomic E-state index is 11.3. The van der Waals surface area contributed by atoms with Crippen molar-refractivity contribution in [1.82, 2.24) is 10.3 Å². The molecule has 0 atom stereocenters. The van der Waals surface area contributed by atoms with Gasteiger partial charge in [-0.3, -0.25) is 4.79 Å². The Morgan fingerprint density at radius 3 is 3.08 bits per heavy atom. The van der Waals surface area contributed by atoms with Crippen LogP contribution in [0.2, 0.25) is 0 Å². The predicted octanol–water partition coefficient (Wildman–Crippen LogP) is 0.546. The van der Waals surface area contributed by atoms with Crippen molar-refractivity contribution in [3.63, 3.8) is 0 Å². The molecule has 1 aromatic heterocycles. The van der Waals surface area contributed by atoms with Crippen molar-refractivity contribution in [2.24, 2.45) is 0 Å². The number of nitrogens with two attached hydrogens (primary N) is 1. The summed E-state index contributed by atoms with van der Waals surface area (Å²) in [4.78, 5) is 15.3. The van der Waals surface area contributed by atoms with E-state index >= 15 is 0 Å². The molecule has 3 N–H and O–H groups in total. The predicted molar refractivity (Wildman–Crippen MR) is 51.4 cm³/mol. The lowest BCUT2D eigenvalue weighted by Gasteiger charge is -1.99. The fraction of sp³-hybridized carbons (Fsp3) is 0.500. The second-order valence-corrected chi connectivity index (χ2v) is 4.09. The van der Waals surface area contributed by atoms with E-state index in [1.807, 2.05) is 5.38 Å². The lowest BCUT2D eigenvalue weighted by atomic mass is 10.3. The number of aromatic nitrogens is 1. The zero-order valence-corrected chi connectivity index (χ0v) is 7.93. The normalized spacial score (nSPS) is 15.7. The van der Waals surface area contributed by atoms with E-state index in [0.717, 1.165) is 18.5 Å². The van der Waals surface area contributed by atoms with Crippen LogP contribution in [0.25, 0.3) is 0 Å². The molecule has 5 heteroatoms. The van der Waals surface area contributed by atoms with Gasteiger partial charge in [0.05, 0.1) is 12.1 Å². The molecule has 1 aromatic rings. The lowest BCUT2D eigenvalue weighted by Crippen LogP contribution is -2.27. The fourth-order valence-corrected chi connectivity index (χ4v) is 1.64. The average molecular weight is 197 g/mol. The Labute approximate surface area is 80.2 Å². The number of thiazole rings is 1. The first-order valence-corrected chi connectivity index (χ1v) is 5.11. The molecule has 0 saturated heterocycles.